The minimum Gasteiger partial charge on any atom is -0.496 e. The van der Waals surface area contributed by atoms with E-state index in [9.17, 15) is 13.2 Å². The summed E-state index contributed by atoms with van der Waals surface area (Å²) < 4.78 is 52.4. The Morgan fingerprint density at radius 1 is 1.23 bits per heavy atom. The van der Waals surface area contributed by atoms with Crippen LogP contribution in [0.15, 0.2) is 42.5 Å². The van der Waals surface area contributed by atoms with Gasteiger partial charge in [-0.15, -0.1) is 0 Å². The predicted octanol–water partition coefficient (Wildman–Crippen LogP) is 4.63. The fourth-order valence-electron chi connectivity index (χ4n) is 4.68. The first-order chi connectivity index (χ1) is 14.8. The number of fused-ring (bicyclic) bond motifs is 1. The highest BCUT2D eigenvalue weighted by Crippen LogP contribution is 2.46. The van der Waals surface area contributed by atoms with E-state index >= 15 is 0 Å². The number of halogens is 3. The van der Waals surface area contributed by atoms with Crippen LogP contribution >= 0.6 is 0 Å². The van der Waals surface area contributed by atoms with Crippen molar-refractivity contribution >= 4 is 0 Å². The second-order valence-corrected chi connectivity index (χ2v) is 8.42. The second kappa shape index (κ2) is 8.81. The lowest BCUT2D eigenvalue weighted by atomic mass is 9.85. The van der Waals surface area contributed by atoms with E-state index in [1.54, 1.807) is 19.2 Å². The van der Waals surface area contributed by atoms with Crippen molar-refractivity contribution in [3.63, 3.8) is 0 Å². The summed E-state index contributed by atoms with van der Waals surface area (Å²) in [4.78, 5) is 0. The SMILES string of the molecule is COc1cc2c(cc1CNC1CCCN[C@H]1c1ccccc1)C(C)(C(F)(F)F)OCC2. The first-order valence-corrected chi connectivity index (χ1v) is 10.8. The van der Waals surface area contributed by atoms with Crippen LogP contribution in [0.2, 0.25) is 0 Å². The van der Waals surface area contributed by atoms with Crippen molar-refractivity contribution in [1.82, 2.24) is 10.6 Å². The molecule has 3 atom stereocenters. The number of hydrogen-bond acceptors (Lipinski definition) is 4. The van der Waals surface area contributed by atoms with Crippen LogP contribution in [0.3, 0.4) is 0 Å². The molecule has 0 bridgehead atoms. The van der Waals surface area contributed by atoms with Crippen LogP contribution in [0.5, 0.6) is 5.75 Å². The topological polar surface area (TPSA) is 42.5 Å². The van der Waals surface area contributed by atoms with Gasteiger partial charge in [-0.3, -0.25) is 0 Å². The van der Waals surface area contributed by atoms with Gasteiger partial charge in [0.05, 0.1) is 13.7 Å². The van der Waals surface area contributed by atoms with Gasteiger partial charge in [-0.25, -0.2) is 0 Å². The summed E-state index contributed by atoms with van der Waals surface area (Å²) in [6, 6.07) is 13.9. The molecule has 2 aliphatic heterocycles. The standard InChI is InChI=1S/C24H29F3N2O2/c1-23(24(25,26)27)19-13-18(21(30-2)14-17(19)10-12-31-23)15-29-20-9-6-11-28-22(20)16-7-4-3-5-8-16/h3-5,7-8,13-14,20,22,28-29H,6,9-12,15H2,1-2H3/t20?,22-,23?/m0/s1. The van der Waals surface area contributed by atoms with Crippen LogP contribution in [0, 0.1) is 0 Å². The smallest absolute Gasteiger partial charge is 0.421 e. The predicted molar refractivity (Wildman–Crippen MR) is 113 cm³/mol. The molecule has 2 aliphatic rings. The van der Waals surface area contributed by atoms with E-state index in [1.165, 1.54) is 5.56 Å². The van der Waals surface area contributed by atoms with Crippen molar-refractivity contribution in [3.05, 3.63) is 64.7 Å². The Kier molecular flexibility index (Phi) is 6.28. The summed E-state index contributed by atoms with van der Waals surface area (Å²) in [6.45, 7) is 2.52. The summed E-state index contributed by atoms with van der Waals surface area (Å²) in [5.41, 5.74) is 0.425. The van der Waals surface area contributed by atoms with Crippen LogP contribution < -0.4 is 15.4 Å². The highest BCUT2D eigenvalue weighted by atomic mass is 19.4. The van der Waals surface area contributed by atoms with Crippen LogP contribution in [-0.4, -0.2) is 32.5 Å². The molecule has 2 heterocycles. The third-order valence-electron chi connectivity index (χ3n) is 6.50. The van der Waals surface area contributed by atoms with Crippen LogP contribution in [-0.2, 0) is 23.3 Å². The van der Waals surface area contributed by atoms with E-state index in [0.717, 1.165) is 26.3 Å². The molecular weight excluding hydrogens is 405 g/mol. The van der Waals surface area contributed by atoms with Crippen LogP contribution in [0.1, 0.15) is 48.1 Å². The molecule has 1 fully saturated rings. The molecule has 7 heteroatoms. The van der Waals surface area contributed by atoms with E-state index in [2.05, 4.69) is 22.8 Å². The maximum Gasteiger partial charge on any atom is 0.421 e. The summed E-state index contributed by atoms with van der Waals surface area (Å²) in [5, 5.41) is 7.14. The maximum absolute atomic E-state index is 13.9. The number of piperidine rings is 1. The zero-order valence-corrected chi connectivity index (χ0v) is 17.9. The average Bonchev–Trinajstić information content (AvgIpc) is 2.77. The minimum atomic E-state index is -4.49. The first-order valence-electron chi connectivity index (χ1n) is 10.8. The normalized spacial score (nSPS) is 26.4. The lowest BCUT2D eigenvalue weighted by molar-refractivity contribution is -0.281. The van der Waals surface area contributed by atoms with Crippen LogP contribution in [0.4, 0.5) is 13.2 Å². The van der Waals surface area contributed by atoms with Gasteiger partial charge in [0.25, 0.3) is 0 Å². The van der Waals surface area contributed by atoms with E-state index in [1.807, 2.05) is 18.2 Å². The molecule has 0 radical (unpaired) electrons. The number of ether oxygens (including phenoxy) is 2. The van der Waals surface area contributed by atoms with Gasteiger partial charge in [0.2, 0.25) is 0 Å². The van der Waals surface area contributed by atoms with Gasteiger partial charge in [-0.2, -0.15) is 13.2 Å². The van der Waals surface area contributed by atoms with Gasteiger partial charge in [0.15, 0.2) is 5.60 Å². The quantitative estimate of drug-likeness (QED) is 0.720. The Hall–Kier alpha value is -2.09. The molecule has 2 aromatic rings. The lowest BCUT2D eigenvalue weighted by Crippen LogP contribution is -2.46. The number of methoxy groups -OCH3 is 1. The molecule has 2 N–H and O–H groups in total. The molecule has 0 aromatic heterocycles. The van der Waals surface area contributed by atoms with E-state index < -0.39 is 11.8 Å². The van der Waals surface area contributed by atoms with Crippen molar-refractivity contribution in [1.29, 1.82) is 0 Å². The number of hydrogen-bond donors (Lipinski definition) is 2. The molecule has 2 unspecified atom stereocenters. The number of benzene rings is 2. The van der Waals surface area contributed by atoms with Gasteiger partial charge in [0, 0.05) is 24.2 Å². The largest absolute Gasteiger partial charge is 0.496 e. The zero-order chi connectivity index (χ0) is 22.1. The van der Waals surface area contributed by atoms with Crippen molar-refractivity contribution in [2.75, 3.05) is 20.3 Å². The van der Waals surface area contributed by atoms with Gasteiger partial charge in [0.1, 0.15) is 5.75 Å². The molecule has 2 aromatic carbocycles. The molecule has 1 saturated heterocycles. The highest BCUT2D eigenvalue weighted by Gasteiger charge is 2.55. The van der Waals surface area contributed by atoms with Gasteiger partial charge in [-0.05, 0) is 61.6 Å². The second-order valence-electron chi connectivity index (χ2n) is 8.42. The molecule has 31 heavy (non-hydrogen) atoms. The van der Waals surface area contributed by atoms with Crippen molar-refractivity contribution < 1.29 is 22.6 Å². The Morgan fingerprint density at radius 2 is 2.00 bits per heavy atom. The van der Waals surface area contributed by atoms with Gasteiger partial charge >= 0.3 is 6.18 Å². The zero-order valence-electron chi connectivity index (χ0n) is 17.9. The van der Waals surface area contributed by atoms with E-state index in [0.29, 0.717) is 29.8 Å². The van der Waals surface area contributed by atoms with E-state index in [4.69, 9.17) is 9.47 Å². The highest BCUT2D eigenvalue weighted by molar-refractivity contribution is 5.47. The number of rotatable bonds is 5. The molecule has 0 spiro atoms. The average molecular weight is 435 g/mol. The van der Waals surface area contributed by atoms with E-state index in [-0.39, 0.29) is 24.3 Å². The molecular formula is C24H29F3N2O2. The molecule has 0 saturated carbocycles. The molecule has 4 nitrogen and oxygen atoms in total. The summed E-state index contributed by atoms with van der Waals surface area (Å²) in [5.74, 6) is 0.609. The number of nitrogens with one attached hydrogen (secondary N) is 2. The third-order valence-corrected chi connectivity index (χ3v) is 6.50. The summed E-state index contributed by atoms with van der Waals surface area (Å²) in [7, 11) is 1.56. The molecule has 0 amide bonds. The van der Waals surface area contributed by atoms with Gasteiger partial charge in [-0.1, -0.05) is 30.3 Å². The summed E-state index contributed by atoms with van der Waals surface area (Å²) in [6.07, 6.45) is -2.02. The van der Waals surface area contributed by atoms with Crippen molar-refractivity contribution in [3.8, 4) is 5.75 Å². The molecule has 0 aliphatic carbocycles. The Labute approximate surface area is 181 Å². The lowest BCUT2D eigenvalue weighted by Gasteiger charge is -2.38. The van der Waals surface area contributed by atoms with Crippen LogP contribution in [0.25, 0.3) is 0 Å². The molecule has 168 valence electrons. The van der Waals surface area contributed by atoms with Crippen molar-refractivity contribution in [2.45, 2.75) is 56.6 Å². The Balaban J connectivity index is 1.60. The Morgan fingerprint density at radius 3 is 2.71 bits per heavy atom. The maximum atomic E-state index is 13.9. The fourth-order valence-corrected chi connectivity index (χ4v) is 4.68. The monoisotopic (exact) mass is 434 g/mol. The molecule has 4 rings (SSSR count). The summed E-state index contributed by atoms with van der Waals surface area (Å²) >= 11 is 0. The minimum absolute atomic E-state index is 0.0380. The first kappa shape index (κ1) is 22.1. The number of alkyl halides is 3. The Bertz CT molecular complexity index is 904. The van der Waals surface area contributed by atoms with Gasteiger partial charge < -0.3 is 20.1 Å². The van der Waals surface area contributed by atoms with Crippen molar-refractivity contribution in [2.24, 2.45) is 0 Å². The third kappa shape index (κ3) is 4.31. The fraction of sp³-hybridized carbons (Fsp3) is 0.500.